The number of carbonyl (C=O) groups excluding carboxylic acids is 4. The van der Waals surface area contributed by atoms with Gasteiger partial charge in [-0.05, 0) is 74.4 Å². The van der Waals surface area contributed by atoms with Crippen molar-refractivity contribution in [3.63, 3.8) is 0 Å². The number of carbonyl (C=O) groups is 4. The van der Waals surface area contributed by atoms with Gasteiger partial charge in [0, 0.05) is 24.7 Å². The highest BCUT2D eigenvalue weighted by Gasteiger charge is 2.50. The summed E-state index contributed by atoms with van der Waals surface area (Å²) in [6.07, 6.45) is 2.49. The minimum atomic E-state index is -0.591. The molecular formula is C28H30N2O5. The summed E-state index contributed by atoms with van der Waals surface area (Å²) in [5, 5.41) is 0. The van der Waals surface area contributed by atoms with Gasteiger partial charge in [-0.2, -0.15) is 0 Å². The first-order chi connectivity index (χ1) is 16.7. The lowest BCUT2D eigenvalue weighted by Gasteiger charge is -2.25. The highest BCUT2D eigenvalue weighted by atomic mass is 16.5. The van der Waals surface area contributed by atoms with Crippen molar-refractivity contribution in [2.75, 3.05) is 16.3 Å². The van der Waals surface area contributed by atoms with Crippen molar-refractivity contribution in [2.45, 2.75) is 46.5 Å². The third-order valence-electron chi connectivity index (χ3n) is 7.74. The molecule has 0 radical (unpaired) electrons. The Hall–Kier alpha value is -3.48. The van der Waals surface area contributed by atoms with Gasteiger partial charge in [0.25, 0.3) is 0 Å². The van der Waals surface area contributed by atoms with Gasteiger partial charge in [0.2, 0.25) is 17.7 Å². The van der Waals surface area contributed by atoms with Crippen molar-refractivity contribution < 1.29 is 23.9 Å². The van der Waals surface area contributed by atoms with Crippen molar-refractivity contribution >= 4 is 35.1 Å². The average molecular weight is 475 g/mol. The lowest BCUT2D eigenvalue weighted by molar-refractivity contribution is -0.139. The SMILES string of the molecule is Cc1ccc(N2C[C@H](C(=O)Oc3cccc(N4C(=O)[C@H]5C[C@H](C)CC[C@H]5C4=O)c3)CC2=O)cc1C. The molecule has 0 unspecified atom stereocenters. The van der Waals surface area contributed by atoms with Crippen LogP contribution in [-0.4, -0.2) is 30.2 Å². The molecule has 4 atom stereocenters. The molecule has 1 aliphatic carbocycles. The Morgan fingerprint density at radius 2 is 1.69 bits per heavy atom. The number of imide groups is 1. The van der Waals surface area contributed by atoms with E-state index in [9.17, 15) is 19.2 Å². The summed E-state index contributed by atoms with van der Waals surface area (Å²) < 4.78 is 5.61. The monoisotopic (exact) mass is 474 g/mol. The molecule has 2 heterocycles. The molecule has 0 spiro atoms. The highest BCUT2D eigenvalue weighted by molar-refractivity contribution is 6.22. The van der Waals surface area contributed by atoms with Crippen LogP contribution in [0, 0.1) is 37.5 Å². The summed E-state index contributed by atoms with van der Waals surface area (Å²) >= 11 is 0. The Morgan fingerprint density at radius 3 is 2.46 bits per heavy atom. The number of esters is 1. The van der Waals surface area contributed by atoms with Gasteiger partial charge in [-0.1, -0.05) is 19.1 Å². The summed E-state index contributed by atoms with van der Waals surface area (Å²) in [6, 6.07) is 12.4. The molecule has 0 bridgehead atoms. The molecule has 3 amide bonds. The summed E-state index contributed by atoms with van der Waals surface area (Å²) in [5.74, 6) is -1.37. The summed E-state index contributed by atoms with van der Waals surface area (Å²) in [4.78, 5) is 54.5. The molecule has 5 rings (SSSR count). The minimum Gasteiger partial charge on any atom is -0.426 e. The van der Waals surface area contributed by atoms with Crippen LogP contribution in [0.2, 0.25) is 0 Å². The molecule has 2 saturated heterocycles. The number of ether oxygens (including phenoxy) is 1. The van der Waals surface area contributed by atoms with E-state index < -0.39 is 11.9 Å². The van der Waals surface area contributed by atoms with Gasteiger partial charge in [-0.15, -0.1) is 0 Å². The van der Waals surface area contributed by atoms with Crippen molar-refractivity contribution in [2.24, 2.45) is 23.7 Å². The fourth-order valence-corrected chi connectivity index (χ4v) is 5.54. The lowest BCUT2D eigenvalue weighted by Crippen LogP contribution is -2.31. The standard InChI is InChI=1S/C28H30N2O5/c1-16-7-10-23-24(11-16)27(33)30(26(23)32)21-5-4-6-22(14-21)35-28(34)19-13-25(31)29(15-19)20-9-8-17(2)18(3)12-20/h4-6,8-9,12,14,16,19,23-24H,7,10-11,13,15H2,1-3H3/t16-,19-,23-,24+/m1/s1. The van der Waals surface area contributed by atoms with Crippen LogP contribution in [0.3, 0.4) is 0 Å². The number of anilines is 2. The van der Waals surface area contributed by atoms with Crippen molar-refractivity contribution in [1.29, 1.82) is 0 Å². The predicted octanol–water partition coefficient (Wildman–Crippen LogP) is 4.19. The van der Waals surface area contributed by atoms with Crippen molar-refractivity contribution in [1.82, 2.24) is 0 Å². The Bertz CT molecular complexity index is 1220. The normalized spacial score (nSPS) is 26.3. The van der Waals surface area contributed by atoms with Gasteiger partial charge in [0.15, 0.2) is 0 Å². The second kappa shape index (κ2) is 8.95. The first-order valence-corrected chi connectivity index (χ1v) is 12.3. The second-order valence-electron chi connectivity index (χ2n) is 10.2. The van der Waals surface area contributed by atoms with E-state index in [1.165, 1.54) is 4.90 Å². The topological polar surface area (TPSA) is 84.0 Å². The van der Waals surface area contributed by atoms with Crippen LogP contribution in [0.25, 0.3) is 0 Å². The van der Waals surface area contributed by atoms with E-state index in [1.807, 2.05) is 32.0 Å². The van der Waals surface area contributed by atoms with Crippen LogP contribution in [0.15, 0.2) is 42.5 Å². The zero-order valence-corrected chi connectivity index (χ0v) is 20.3. The lowest BCUT2D eigenvalue weighted by atomic mass is 9.76. The maximum atomic E-state index is 13.0. The van der Waals surface area contributed by atoms with Crippen LogP contribution in [0.1, 0.15) is 43.7 Å². The summed E-state index contributed by atoms with van der Waals surface area (Å²) in [5.41, 5.74) is 3.42. The van der Waals surface area contributed by atoms with Gasteiger partial charge in [-0.25, -0.2) is 4.90 Å². The van der Waals surface area contributed by atoms with E-state index in [2.05, 4.69) is 6.92 Å². The zero-order chi connectivity index (χ0) is 24.9. The fraction of sp³-hybridized carbons (Fsp3) is 0.429. The Morgan fingerprint density at radius 1 is 0.914 bits per heavy atom. The quantitative estimate of drug-likeness (QED) is 0.377. The van der Waals surface area contributed by atoms with Crippen LogP contribution in [-0.2, 0) is 19.2 Å². The number of nitrogens with zero attached hydrogens (tertiary/aromatic N) is 2. The average Bonchev–Trinajstić information content (AvgIpc) is 3.33. The first-order valence-electron chi connectivity index (χ1n) is 12.3. The van der Waals surface area contributed by atoms with E-state index in [0.717, 1.165) is 36.1 Å². The number of amides is 3. The van der Waals surface area contributed by atoms with Gasteiger partial charge >= 0.3 is 5.97 Å². The molecule has 7 nitrogen and oxygen atoms in total. The molecule has 3 fully saturated rings. The molecule has 35 heavy (non-hydrogen) atoms. The minimum absolute atomic E-state index is 0.0795. The molecule has 0 N–H and O–H groups in total. The van der Waals surface area contributed by atoms with Gasteiger partial charge in [0.05, 0.1) is 23.4 Å². The van der Waals surface area contributed by atoms with Crippen molar-refractivity contribution in [3.05, 3.63) is 53.6 Å². The van der Waals surface area contributed by atoms with Gasteiger partial charge in [0.1, 0.15) is 5.75 Å². The Kier molecular flexibility index (Phi) is 5.95. The molecule has 3 aliphatic rings. The Labute approximate surface area is 205 Å². The van der Waals surface area contributed by atoms with Crippen LogP contribution in [0.5, 0.6) is 5.75 Å². The largest absolute Gasteiger partial charge is 0.426 e. The summed E-state index contributed by atoms with van der Waals surface area (Å²) in [6.45, 7) is 6.37. The Balaban J connectivity index is 1.29. The van der Waals surface area contributed by atoms with E-state index in [1.54, 1.807) is 29.2 Å². The van der Waals surface area contributed by atoms with Gasteiger partial charge < -0.3 is 9.64 Å². The molecule has 7 heteroatoms. The molecule has 182 valence electrons. The zero-order valence-electron chi connectivity index (χ0n) is 20.3. The van der Waals surface area contributed by atoms with Crippen molar-refractivity contribution in [3.8, 4) is 5.75 Å². The smallest absolute Gasteiger partial charge is 0.316 e. The van der Waals surface area contributed by atoms with Crippen LogP contribution >= 0.6 is 0 Å². The molecule has 2 aromatic carbocycles. The van der Waals surface area contributed by atoms with Crippen LogP contribution < -0.4 is 14.5 Å². The van der Waals surface area contributed by atoms with E-state index in [4.69, 9.17) is 4.74 Å². The van der Waals surface area contributed by atoms with Gasteiger partial charge in [-0.3, -0.25) is 19.2 Å². The number of rotatable bonds is 4. The third-order valence-corrected chi connectivity index (χ3v) is 7.74. The number of aryl methyl sites for hydroxylation is 2. The fourth-order valence-electron chi connectivity index (χ4n) is 5.54. The van der Waals surface area contributed by atoms with E-state index >= 15 is 0 Å². The molecule has 1 saturated carbocycles. The highest BCUT2D eigenvalue weighted by Crippen LogP contribution is 2.42. The number of hydrogen-bond donors (Lipinski definition) is 0. The van der Waals surface area contributed by atoms with E-state index in [0.29, 0.717) is 11.6 Å². The second-order valence-corrected chi connectivity index (χ2v) is 10.2. The molecular weight excluding hydrogens is 444 g/mol. The first kappa shape index (κ1) is 23.3. The number of benzene rings is 2. The van der Waals surface area contributed by atoms with E-state index in [-0.39, 0.29) is 48.3 Å². The third kappa shape index (κ3) is 4.24. The number of fused-ring (bicyclic) bond motifs is 1. The predicted molar refractivity (Wildman–Crippen MR) is 131 cm³/mol. The molecule has 0 aromatic heterocycles. The molecule has 2 aromatic rings. The number of hydrogen-bond acceptors (Lipinski definition) is 5. The molecule has 2 aliphatic heterocycles. The summed E-state index contributed by atoms with van der Waals surface area (Å²) in [7, 11) is 0. The van der Waals surface area contributed by atoms with Crippen LogP contribution in [0.4, 0.5) is 11.4 Å². The maximum absolute atomic E-state index is 13.0. The maximum Gasteiger partial charge on any atom is 0.316 e.